The number of para-hydroxylation sites is 1. The normalized spacial score (nSPS) is 19.2. The van der Waals surface area contributed by atoms with Gasteiger partial charge >= 0.3 is 0 Å². The van der Waals surface area contributed by atoms with Gasteiger partial charge < -0.3 is 10.1 Å². The fourth-order valence-electron chi connectivity index (χ4n) is 4.22. The van der Waals surface area contributed by atoms with Gasteiger partial charge in [0.1, 0.15) is 24.2 Å². The zero-order chi connectivity index (χ0) is 20.1. The molecule has 30 heavy (non-hydrogen) atoms. The number of hydrogen-bond acceptors (Lipinski definition) is 5. The minimum Gasteiger partial charge on any atom is -0.480 e. The Balaban J connectivity index is 1.64. The van der Waals surface area contributed by atoms with Crippen molar-refractivity contribution in [2.75, 3.05) is 5.32 Å². The number of benzene rings is 2. The minimum atomic E-state index is -0.289. The second-order valence-corrected chi connectivity index (χ2v) is 8.14. The van der Waals surface area contributed by atoms with E-state index in [1.807, 2.05) is 47.3 Å². The Morgan fingerprint density at radius 1 is 1.00 bits per heavy atom. The molecule has 7 heteroatoms. The van der Waals surface area contributed by atoms with E-state index >= 15 is 0 Å². The summed E-state index contributed by atoms with van der Waals surface area (Å²) in [7, 11) is 0. The van der Waals surface area contributed by atoms with Crippen LogP contribution in [0.3, 0.4) is 0 Å². The van der Waals surface area contributed by atoms with Crippen LogP contribution in [0, 0.1) is 0 Å². The summed E-state index contributed by atoms with van der Waals surface area (Å²) in [6, 6.07) is 20.1. The molecule has 4 heterocycles. The molecule has 0 aliphatic carbocycles. The van der Waals surface area contributed by atoms with E-state index in [1.165, 1.54) is 0 Å². The number of fused-ring (bicyclic) bond motifs is 3. The van der Waals surface area contributed by atoms with Crippen LogP contribution >= 0.6 is 15.9 Å². The highest BCUT2D eigenvalue weighted by molar-refractivity contribution is 9.10. The van der Waals surface area contributed by atoms with Gasteiger partial charge in [0.05, 0.1) is 5.70 Å². The topological polar surface area (TPSA) is 64.9 Å². The third kappa shape index (κ3) is 2.66. The number of nitrogens with zero attached hydrogens (tertiary/aromatic N) is 4. The molecule has 1 N–H and O–H groups in total. The van der Waals surface area contributed by atoms with E-state index in [9.17, 15) is 0 Å². The Morgan fingerprint density at radius 2 is 1.90 bits per heavy atom. The van der Waals surface area contributed by atoms with E-state index in [1.54, 1.807) is 12.5 Å². The number of anilines is 1. The maximum atomic E-state index is 6.59. The highest BCUT2D eigenvalue weighted by Crippen LogP contribution is 2.50. The average Bonchev–Trinajstić information content (AvgIpc) is 3.26. The molecule has 0 bridgehead atoms. The zero-order valence-corrected chi connectivity index (χ0v) is 17.3. The lowest BCUT2D eigenvalue weighted by Crippen LogP contribution is -2.32. The number of hydrogen-bond donors (Lipinski definition) is 1. The lowest BCUT2D eigenvalue weighted by Gasteiger charge is -2.38. The molecule has 0 spiro atoms. The van der Waals surface area contributed by atoms with Gasteiger partial charge in [0.2, 0.25) is 5.95 Å². The molecule has 146 valence electrons. The highest BCUT2D eigenvalue weighted by atomic mass is 79.9. The summed E-state index contributed by atoms with van der Waals surface area (Å²) in [5.74, 6) is 1.54. The van der Waals surface area contributed by atoms with Crippen molar-refractivity contribution in [3.05, 3.63) is 106 Å². The van der Waals surface area contributed by atoms with E-state index in [-0.39, 0.29) is 12.1 Å². The SMILES string of the molecule is Brc1cccc([C@H]2Oc3ccccc3C3=C2[C@@H](c2cccnc2)n2ncnc2N3)c1. The summed E-state index contributed by atoms with van der Waals surface area (Å²) in [4.78, 5) is 8.80. The van der Waals surface area contributed by atoms with Crippen molar-refractivity contribution in [2.24, 2.45) is 0 Å². The Hall–Kier alpha value is -3.45. The Labute approximate surface area is 181 Å². The van der Waals surface area contributed by atoms with Crippen molar-refractivity contribution in [2.45, 2.75) is 12.1 Å². The van der Waals surface area contributed by atoms with Crippen LogP contribution in [0.25, 0.3) is 5.70 Å². The molecule has 0 fully saturated rings. The first-order valence-electron chi connectivity index (χ1n) is 9.61. The number of nitrogens with one attached hydrogen (secondary N) is 1. The maximum absolute atomic E-state index is 6.59. The molecular formula is C23H16BrN5O. The predicted molar refractivity (Wildman–Crippen MR) is 117 cm³/mol. The van der Waals surface area contributed by atoms with Gasteiger partial charge in [-0.25, -0.2) is 4.68 Å². The second kappa shape index (κ2) is 6.81. The summed E-state index contributed by atoms with van der Waals surface area (Å²) < 4.78 is 9.49. The molecule has 6 nitrogen and oxygen atoms in total. The second-order valence-electron chi connectivity index (χ2n) is 7.22. The van der Waals surface area contributed by atoms with Crippen LogP contribution in [0.1, 0.15) is 28.8 Å². The number of halogens is 1. The van der Waals surface area contributed by atoms with Gasteiger partial charge in [0.25, 0.3) is 0 Å². The lowest BCUT2D eigenvalue weighted by atomic mass is 9.85. The van der Waals surface area contributed by atoms with Gasteiger partial charge in [0.15, 0.2) is 0 Å². The molecule has 2 aliphatic rings. The lowest BCUT2D eigenvalue weighted by molar-refractivity contribution is 0.223. The van der Waals surface area contributed by atoms with E-state index in [2.05, 4.69) is 60.6 Å². The first-order valence-corrected chi connectivity index (χ1v) is 10.4. The Kier molecular flexibility index (Phi) is 3.95. The molecular weight excluding hydrogens is 442 g/mol. The van der Waals surface area contributed by atoms with Crippen LogP contribution in [-0.4, -0.2) is 19.7 Å². The fourth-order valence-corrected chi connectivity index (χ4v) is 4.64. The summed E-state index contributed by atoms with van der Waals surface area (Å²) in [5.41, 5.74) is 5.20. The molecule has 6 rings (SSSR count). The van der Waals surface area contributed by atoms with Gasteiger partial charge in [-0.1, -0.05) is 46.3 Å². The largest absolute Gasteiger partial charge is 0.480 e. The summed E-state index contributed by atoms with van der Waals surface area (Å²) >= 11 is 3.60. The van der Waals surface area contributed by atoms with Crippen molar-refractivity contribution in [1.82, 2.24) is 19.7 Å². The monoisotopic (exact) mass is 457 g/mol. The molecule has 2 atom stereocenters. The summed E-state index contributed by atoms with van der Waals surface area (Å²) in [6.45, 7) is 0. The van der Waals surface area contributed by atoms with Gasteiger partial charge in [-0.3, -0.25) is 4.98 Å². The molecule has 2 aromatic heterocycles. The van der Waals surface area contributed by atoms with Crippen molar-refractivity contribution in [1.29, 1.82) is 0 Å². The maximum Gasteiger partial charge on any atom is 0.226 e. The third-order valence-corrected chi connectivity index (χ3v) is 5.97. The Bertz CT molecular complexity index is 1280. The van der Waals surface area contributed by atoms with Crippen LogP contribution in [0.5, 0.6) is 5.75 Å². The van der Waals surface area contributed by atoms with E-state index in [0.717, 1.165) is 38.2 Å². The molecule has 0 saturated heterocycles. The zero-order valence-electron chi connectivity index (χ0n) is 15.7. The van der Waals surface area contributed by atoms with Crippen molar-refractivity contribution >= 4 is 27.6 Å². The Morgan fingerprint density at radius 3 is 2.77 bits per heavy atom. The fraction of sp³-hybridized carbons (Fsp3) is 0.0870. The molecule has 2 aliphatic heterocycles. The van der Waals surface area contributed by atoms with Gasteiger partial charge in [0, 0.05) is 28.0 Å². The third-order valence-electron chi connectivity index (χ3n) is 5.47. The molecule has 0 radical (unpaired) electrons. The van der Waals surface area contributed by atoms with Crippen molar-refractivity contribution < 1.29 is 4.74 Å². The average molecular weight is 458 g/mol. The predicted octanol–water partition coefficient (Wildman–Crippen LogP) is 5.00. The number of rotatable bonds is 2. The minimum absolute atomic E-state index is 0.190. The molecule has 2 aromatic carbocycles. The molecule has 4 aromatic rings. The first kappa shape index (κ1) is 17.4. The van der Waals surface area contributed by atoms with E-state index < -0.39 is 0 Å². The quantitative estimate of drug-likeness (QED) is 0.458. The van der Waals surface area contributed by atoms with Crippen LogP contribution in [0.2, 0.25) is 0 Å². The smallest absolute Gasteiger partial charge is 0.226 e. The molecule has 0 amide bonds. The van der Waals surface area contributed by atoms with Crippen LogP contribution in [0.4, 0.5) is 5.95 Å². The van der Waals surface area contributed by atoms with E-state index in [4.69, 9.17) is 4.74 Å². The summed E-state index contributed by atoms with van der Waals surface area (Å²) in [5, 5.41) is 8.03. The van der Waals surface area contributed by atoms with Gasteiger partial charge in [-0.05, 0) is 41.5 Å². The van der Waals surface area contributed by atoms with Crippen LogP contribution in [0.15, 0.2) is 89.4 Å². The highest BCUT2D eigenvalue weighted by Gasteiger charge is 2.40. The standard InChI is InChI=1S/C23H16BrN5O/c24-16-7-3-5-14(11-16)22-19-20(17-8-1-2-9-18(17)30-22)28-23-26-13-27-29(23)21(19)15-6-4-10-25-12-15/h1-13,21-22H,(H,26,27,28)/t21-,22-/m1/s1. The van der Waals surface area contributed by atoms with E-state index in [0.29, 0.717) is 5.95 Å². The number of aromatic nitrogens is 4. The molecule has 0 saturated carbocycles. The van der Waals surface area contributed by atoms with Gasteiger partial charge in [-0.2, -0.15) is 10.1 Å². The summed E-state index contributed by atoms with van der Waals surface area (Å²) in [6.07, 6.45) is 4.94. The molecule has 0 unspecified atom stereocenters. The first-order chi connectivity index (χ1) is 14.8. The number of ether oxygens (including phenoxy) is 1. The number of pyridine rings is 1. The van der Waals surface area contributed by atoms with Gasteiger partial charge in [-0.15, -0.1) is 0 Å². The van der Waals surface area contributed by atoms with Crippen molar-refractivity contribution in [3.8, 4) is 5.75 Å². The van der Waals surface area contributed by atoms with Crippen LogP contribution < -0.4 is 10.1 Å². The van der Waals surface area contributed by atoms with Crippen LogP contribution in [-0.2, 0) is 0 Å². The van der Waals surface area contributed by atoms with Crippen molar-refractivity contribution in [3.63, 3.8) is 0 Å².